The second kappa shape index (κ2) is 7.19. The van der Waals surface area contributed by atoms with Gasteiger partial charge in [-0.1, -0.05) is 0 Å². The number of aromatic nitrogens is 1. The first-order valence-electron chi connectivity index (χ1n) is 10.00. The fourth-order valence-corrected chi connectivity index (χ4v) is 8.70. The summed E-state index contributed by atoms with van der Waals surface area (Å²) >= 11 is 0. The van der Waals surface area contributed by atoms with Crippen molar-refractivity contribution in [3.05, 3.63) is 18.3 Å². The fraction of sp³-hybridized carbons (Fsp3) is 0.706. The zero-order valence-corrected chi connectivity index (χ0v) is 16.2. The van der Waals surface area contributed by atoms with Crippen LogP contribution >= 0.6 is 7.94 Å². The Kier molecular flexibility index (Phi) is 4.73. The van der Waals surface area contributed by atoms with E-state index in [1.807, 2.05) is 18.3 Å². The summed E-state index contributed by atoms with van der Waals surface area (Å²) in [5, 5.41) is 1.79. The lowest BCUT2D eigenvalue weighted by Gasteiger charge is -2.41. The Morgan fingerprint density at radius 3 is 1.92 bits per heavy atom. The van der Waals surface area contributed by atoms with Crippen molar-refractivity contribution in [2.75, 3.05) is 49.9 Å². The van der Waals surface area contributed by atoms with Crippen molar-refractivity contribution >= 4 is 19.4 Å². The highest BCUT2D eigenvalue weighted by Gasteiger charge is 2.63. The maximum atomic E-state index is 6.96. The molecule has 0 unspecified atom stereocenters. The Morgan fingerprint density at radius 1 is 0.846 bits per heavy atom. The van der Waals surface area contributed by atoms with Crippen LogP contribution in [0.5, 0.6) is 0 Å². The van der Waals surface area contributed by atoms with E-state index in [0.717, 1.165) is 50.8 Å². The fourth-order valence-electron chi connectivity index (χ4n) is 4.56. The minimum atomic E-state index is -2.06. The molecule has 0 aromatic carbocycles. The van der Waals surface area contributed by atoms with Gasteiger partial charge in [0.2, 0.25) is 5.82 Å². The lowest BCUT2D eigenvalue weighted by atomic mass is 10.4. The van der Waals surface area contributed by atoms with E-state index in [0.29, 0.717) is 0 Å². The molecule has 0 atom stereocenters. The molecule has 5 heterocycles. The molecule has 2 N–H and O–H groups in total. The van der Waals surface area contributed by atoms with Gasteiger partial charge in [0.15, 0.2) is 0 Å². The van der Waals surface area contributed by atoms with Crippen LogP contribution < -0.4 is 16.1 Å². The smallest absolute Gasteiger partial charge is 0.298 e. The third kappa shape index (κ3) is 2.80. The van der Waals surface area contributed by atoms with Crippen molar-refractivity contribution in [2.24, 2.45) is 0 Å². The zero-order chi connectivity index (χ0) is 17.4. The lowest BCUT2D eigenvalue weighted by Crippen LogP contribution is -2.49. The summed E-state index contributed by atoms with van der Waals surface area (Å²) in [6.07, 6.45) is 9.45. The maximum Gasteiger partial charge on any atom is 0.405 e. The average Bonchev–Trinajstić information content (AvgIpc) is 3.49. The van der Waals surface area contributed by atoms with Crippen LogP contribution in [0.1, 0.15) is 38.5 Å². The minimum Gasteiger partial charge on any atom is -0.298 e. The number of fused-ring (bicyclic) bond motifs is 1. The molecular weight excluding hydrogens is 349 g/mol. The quantitative estimate of drug-likeness (QED) is 0.759. The molecule has 1 aromatic rings. The van der Waals surface area contributed by atoms with Crippen LogP contribution in [0.4, 0.5) is 11.5 Å². The summed E-state index contributed by atoms with van der Waals surface area (Å²) in [4.78, 5) is 4.54. The molecule has 0 amide bonds. The van der Waals surface area contributed by atoms with E-state index in [1.54, 1.807) is 5.17 Å². The monoisotopic (exact) mass is 378 g/mol. The number of hydrogen-bond donors (Lipinski definition) is 2. The van der Waals surface area contributed by atoms with Crippen molar-refractivity contribution in [1.29, 1.82) is 0 Å². The summed E-state index contributed by atoms with van der Waals surface area (Å²) in [5.74, 6) is 0.828. The molecule has 0 aliphatic carbocycles. The summed E-state index contributed by atoms with van der Waals surface area (Å²) in [6, 6.07) is 3.97. The van der Waals surface area contributed by atoms with Crippen molar-refractivity contribution in [3.8, 4) is 0 Å². The maximum absolute atomic E-state index is 6.96. The standard InChI is InChI=1S/C17H29N7OP/c1-2-11-21(10-1)26(22-12-3-4-13-22,23-14-5-6-15-23)25-24-17-16(19-20-24)8-7-9-18-17/h7-9,19-20H,1-6,10-15H2/q+1. The molecule has 5 rings (SSSR count). The Hall–Kier alpha value is -1.02. The molecule has 0 saturated carbocycles. The summed E-state index contributed by atoms with van der Waals surface area (Å²) < 4.78 is 14.9. The molecule has 3 fully saturated rings. The molecular formula is C17H29N7OP+. The molecule has 0 bridgehead atoms. The predicted octanol–water partition coefficient (Wildman–Crippen LogP) is 2.63. The normalized spacial score (nSPS) is 25.2. The molecule has 4 aliphatic rings. The molecule has 142 valence electrons. The van der Waals surface area contributed by atoms with Gasteiger partial charge in [0, 0.05) is 45.5 Å². The molecule has 0 spiro atoms. The van der Waals surface area contributed by atoms with Gasteiger partial charge in [-0.25, -0.2) is 4.98 Å². The van der Waals surface area contributed by atoms with Gasteiger partial charge in [-0.05, 0) is 55.3 Å². The predicted molar refractivity (Wildman–Crippen MR) is 104 cm³/mol. The highest BCUT2D eigenvalue weighted by Crippen LogP contribution is 2.71. The lowest BCUT2D eigenvalue weighted by molar-refractivity contribution is 0.175. The highest BCUT2D eigenvalue weighted by atomic mass is 31.2. The van der Waals surface area contributed by atoms with Gasteiger partial charge in [-0.2, -0.15) is 0 Å². The van der Waals surface area contributed by atoms with Gasteiger partial charge in [-0.3, -0.25) is 5.43 Å². The van der Waals surface area contributed by atoms with Gasteiger partial charge < -0.3 is 0 Å². The Morgan fingerprint density at radius 2 is 1.38 bits per heavy atom. The Bertz CT molecular complexity index is 588. The second-order valence-electron chi connectivity index (χ2n) is 7.48. The highest BCUT2D eigenvalue weighted by molar-refractivity contribution is 7.64. The van der Waals surface area contributed by atoms with Crippen LogP contribution in [-0.2, 0) is 4.62 Å². The van der Waals surface area contributed by atoms with E-state index in [2.05, 4.69) is 30.0 Å². The third-order valence-electron chi connectivity index (χ3n) is 5.82. The topological polar surface area (TPSA) is 59.1 Å². The minimum absolute atomic E-state index is 0.828. The van der Waals surface area contributed by atoms with Crippen LogP contribution in [0, 0.1) is 0 Å². The zero-order valence-electron chi connectivity index (χ0n) is 15.3. The van der Waals surface area contributed by atoms with Gasteiger partial charge in [0.05, 0.1) is 5.69 Å². The van der Waals surface area contributed by atoms with E-state index < -0.39 is 7.94 Å². The molecule has 3 saturated heterocycles. The third-order valence-corrected chi connectivity index (χ3v) is 9.61. The summed E-state index contributed by atoms with van der Waals surface area (Å²) in [6.45, 7) is 6.82. The van der Waals surface area contributed by atoms with Crippen molar-refractivity contribution < 1.29 is 4.62 Å². The van der Waals surface area contributed by atoms with Gasteiger partial charge in [0.1, 0.15) is 0 Å². The number of rotatable bonds is 5. The van der Waals surface area contributed by atoms with Crippen LogP contribution in [0.15, 0.2) is 18.3 Å². The van der Waals surface area contributed by atoms with Crippen LogP contribution in [0.3, 0.4) is 0 Å². The molecule has 26 heavy (non-hydrogen) atoms. The van der Waals surface area contributed by atoms with Gasteiger partial charge in [-0.15, -0.1) is 24.7 Å². The molecule has 4 aliphatic heterocycles. The SMILES string of the molecule is c1cnc2c(c1)NNN2O[P+](N1CCCC1)(N1CCCC1)N1CCCC1. The first-order valence-corrected chi connectivity index (χ1v) is 11.6. The molecule has 8 nitrogen and oxygen atoms in total. The first kappa shape index (κ1) is 17.1. The van der Waals surface area contributed by atoms with E-state index in [-0.39, 0.29) is 0 Å². The van der Waals surface area contributed by atoms with E-state index >= 15 is 0 Å². The van der Waals surface area contributed by atoms with Crippen molar-refractivity contribution in [2.45, 2.75) is 38.5 Å². The van der Waals surface area contributed by atoms with E-state index in [1.165, 1.54) is 38.5 Å². The van der Waals surface area contributed by atoms with E-state index in [9.17, 15) is 0 Å². The van der Waals surface area contributed by atoms with Gasteiger partial charge in [0.25, 0.3) is 0 Å². The Balaban J connectivity index is 1.52. The first-order chi connectivity index (χ1) is 12.9. The second-order valence-corrected chi connectivity index (χ2v) is 10.4. The number of hydrazine groups is 2. The molecule has 1 aromatic heterocycles. The molecule has 0 radical (unpaired) electrons. The van der Waals surface area contributed by atoms with Gasteiger partial charge >= 0.3 is 7.94 Å². The van der Waals surface area contributed by atoms with Crippen LogP contribution in [-0.4, -0.2) is 58.3 Å². The largest absolute Gasteiger partial charge is 0.405 e. The summed E-state index contributed by atoms with van der Waals surface area (Å²) in [7, 11) is -2.06. The number of nitrogens with one attached hydrogen (secondary N) is 2. The van der Waals surface area contributed by atoms with Crippen LogP contribution in [0.2, 0.25) is 0 Å². The number of pyridine rings is 1. The average molecular weight is 378 g/mol. The van der Waals surface area contributed by atoms with Crippen molar-refractivity contribution in [3.63, 3.8) is 0 Å². The molecule has 9 heteroatoms. The Labute approximate surface area is 155 Å². The van der Waals surface area contributed by atoms with Crippen molar-refractivity contribution in [1.82, 2.24) is 24.5 Å². The number of hydrogen-bond acceptors (Lipinski definition) is 8. The summed E-state index contributed by atoms with van der Waals surface area (Å²) in [5.41, 5.74) is 7.36. The number of nitrogens with zero attached hydrogens (tertiary/aromatic N) is 5. The number of anilines is 2. The van der Waals surface area contributed by atoms with E-state index in [4.69, 9.17) is 4.62 Å². The van der Waals surface area contributed by atoms with Crippen LogP contribution in [0.25, 0.3) is 0 Å².